The zero-order valence-electron chi connectivity index (χ0n) is 18.3. The number of ether oxygens (including phenoxy) is 1. The molecule has 0 aliphatic carbocycles. The molecule has 162 valence electrons. The highest BCUT2D eigenvalue weighted by atomic mass is 19.1. The fourth-order valence-corrected chi connectivity index (χ4v) is 4.24. The molecule has 1 saturated heterocycles. The number of hydrogen-bond donors (Lipinski definition) is 1. The van der Waals surface area contributed by atoms with Gasteiger partial charge < -0.3 is 19.6 Å². The summed E-state index contributed by atoms with van der Waals surface area (Å²) in [6, 6.07) is 3.66. The lowest BCUT2D eigenvalue weighted by Gasteiger charge is -2.36. The standard InChI is InChI=1S/C23H29FN2O4/c1-14-9-15(13-27)18-10-16(24)7-8-19(18)26(14)17-11-20(23(5,6)29)25(12-17)21(28)30-22(2,3)4/h7-10,17,20,29H,11-12H2,1-6H3/t17-,20+/m1/s1. The van der Waals surface area contributed by atoms with Crippen LogP contribution in [0, 0.1) is 5.82 Å². The van der Waals surface area contributed by atoms with Crippen LogP contribution in [0.5, 0.6) is 0 Å². The van der Waals surface area contributed by atoms with E-state index < -0.39 is 29.2 Å². The molecular weight excluding hydrogens is 387 g/mol. The highest BCUT2D eigenvalue weighted by molar-refractivity contribution is 6.00. The van der Waals surface area contributed by atoms with Gasteiger partial charge in [-0.3, -0.25) is 0 Å². The number of amides is 1. The Kier molecular flexibility index (Phi) is 5.56. The Morgan fingerprint density at radius 3 is 2.50 bits per heavy atom. The Morgan fingerprint density at radius 2 is 1.93 bits per heavy atom. The van der Waals surface area contributed by atoms with Crippen molar-refractivity contribution < 1.29 is 23.8 Å². The molecule has 2 aliphatic rings. The van der Waals surface area contributed by atoms with Crippen molar-refractivity contribution in [3.8, 4) is 0 Å². The van der Waals surface area contributed by atoms with Crippen LogP contribution in [0.1, 0.15) is 53.5 Å². The van der Waals surface area contributed by atoms with E-state index in [9.17, 15) is 19.1 Å². The first kappa shape index (κ1) is 22.1. The maximum Gasteiger partial charge on any atom is 0.410 e. The van der Waals surface area contributed by atoms with Gasteiger partial charge in [-0.2, -0.15) is 0 Å². The zero-order chi connectivity index (χ0) is 22.4. The van der Waals surface area contributed by atoms with Crippen molar-refractivity contribution >= 4 is 23.3 Å². The van der Waals surface area contributed by atoms with Crippen molar-refractivity contribution in [3.63, 3.8) is 0 Å². The van der Waals surface area contributed by atoms with E-state index in [2.05, 4.69) is 0 Å². The van der Waals surface area contributed by atoms with Crippen LogP contribution in [0.2, 0.25) is 0 Å². The van der Waals surface area contributed by atoms with Crippen molar-refractivity contribution in [2.75, 3.05) is 11.4 Å². The molecule has 1 aromatic carbocycles. The predicted molar refractivity (Wildman–Crippen MR) is 113 cm³/mol. The molecule has 1 fully saturated rings. The maximum atomic E-state index is 13.9. The van der Waals surface area contributed by atoms with Crippen LogP contribution in [-0.4, -0.2) is 51.9 Å². The number of fused-ring (bicyclic) bond motifs is 1. The molecule has 0 unspecified atom stereocenters. The second kappa shape index (κ2) is 7.56. The number of hydrogen-bond acceptors (Lipinski definition) is 5. The van der Waals surface area contributed by atoms with Crippen molar-refractivity contribution in [3.05, 3.63) is 41.4 Å². The summed E-state index contributed by atoms with van der Waals surface area (Å²) in [5.41, 5.74) is 0.427. The molecule has 2 aliphatic heterocycles. The van der Waals surface area contributed by atoms with Gasteiger partial charge in [0.05, 0.1) is 28.9 Å². The number of rotatable bonds is 2. The monoisotopic (exact) mass is 416 g/mol. The lowest BCUT2D eigenvalue weighted by molar-refractivity contribution is -0.0240. The van der Waals surface area contributed by atoms with Crippen molar-refractivity contribution in [2.24, 2.45) is 0 Å². The fraction of sp³-hybridized carbons (Fsp3) is 0.522. The first-order valence-electron chi connectivity index (χ1n) is 10.1. The lowest BCUT2D eigenvalue weighted by Crippen LogP contribution is -2.49. The largest absolute Gasteiger partial charge is 0.444 e. The summed E-state index contributed by atoms with van der Waals surface area (Å²) >= 11 is 0. The molecule has 1 N–H and O–H groups in total. The van der Waals surface area contributed by atoms with Gasteiger partial charge in [-0.25, -0.2) is 14.0 Å². The smallest absolute Gasteiger partial charge is 0.410 e. The molecule has 0 saturated carbocycles. The second-order valence-corrected chi connectivity index (χ2v) is 9.52. The van der Waals surface area contributed by atoms with Crippen LogP contribution in [0.25, 0.3) is 5.57 Å². The van der Waals surface area contributed by atoms with Crippen LogP contribution in [0.15, 0.2) is 30.0 Å². The quantitative estimate of drug-likeness (QED) is 0.740. The van der Waals surface area contributed by atoms with Gasteiger partial charge in [-0.15, -0.1) is 0 Å². The molecule has 0 bridgehead atoms. The summed E-state index contributed by atoms with van der Waals surface area (Å²) in [4.78, 5) is 27.9. The molecular formula is C23H29FN2O4. The number of carbonyl (C=O) groups excluding carboxylic acids is 2. The minimum Gasteiger partial charge on any atom is -0.444 e. The normalized spacial score (nSPS) is 21.9. The minimum atomic E-state index is -1.14. The second-order valence-electron chi connectivity index (χ2n) is 9.52. The maximum absolute atomic E-state index is 13.9. The zero-order valence-corrected chi connectivity index (χ0v) is 18.3. The molecule has 0 radical (unpaired) electrons. The molecule has 0 aromatic heterocycles. The molecule has 1 aromatic rings. The van der Waals surface area contributed by atoms with Crippen molar-refractivity contribution in [1.29, 1.82) is 0 Å². The molecule has 3 rings (SSSR count). The third-order valence-electron chi connectivity index (χ3n) is 5.44. The topological polar surface area (TPSA) is 70.1 Å². The van der Waals surface area contributed by atoms with Gasteiger partial charge in [0.15, 0.2) is 0 Å². The minimum absolute atomic E-state index is 0.178. The fourth-order valence-electron chi connectivity index (χ4n) is 4.24. The number of carbonyl (C=O) groups is 1. The average Bonchev–Trinajstić information content (AvgIpc) is 3.05. The summed E-state index contributed by atoms with van der Waals surface area (Å²) in [6.45, 7) is 10.9. The number of likely N-dealkylation sites (tertiary alicyclic amines) is 1. The van der Waals surface area contributed by atoms with Gasteiger partial charge in [0.25, 0.3) is 0 Å². The van der Waals surface area contributed by atoms with E-state index in [1.54, 1.807) is 51.7 Å². The van der Waals surface area contributed by atoms with Crippen LogP contribution in [-0.2, 0) is 9.53 Å². The Labute approximate surface area is 176 Å². The van der Waals surface area contributed by atoms with Crippen LogP contribution in [0.4, 0.5) is 14.9 Å². The van der Waals surface area contributed by atoms with Gasteiger partial charge in [0, 0.05) is 17.8 Å². The molecule has 0 spiro atoms. The number of halogens is 1. The van der Waals surface area contributed by atoms with Crippen LogP contribution in [0.3, 0.4) is 0 Å². The third kappa shape index (κ3) is 4.27. The van der Waals surface area contributed by atoms with E-state index in [0.29, 0.717) is 29.8 Å². The molecule has 7 heteroatoms. The van der Waals surface area contributed by atoms with Gasteiger partial charge in [0.1, 0.15) is 17.4 Å². The van der Waals surface area contributed by atoms with Gasteiger partial charge >= 0.3 is 6.09 Å². The predicted octanol–water partition coefficient (Wildman–Crippen LogP) is 3.91. The molecule has 6 nitrogen and oxygen atoms in total. The van der Waals surface area contributed by atoms with Crippen LogP contribution < -0.4 is 4.90 Å². The van der Waals surface area contributed by atoms with Gasteiger partial charge in [-0.1, -0.05) is 0 Å². The number of benzene rings is 1. The molecule has 2 heterocycles. The number of allylic oxidation sites excluding steroid dienone is 3. The highest BCUT2D eigenvalue weighted by Crippen LogP contribution is 2.41. The van der Waals surface area contributed by atoms with Crippen molar-refractivity contribution in [1.82, 2.24) is 4.90 Å². The molecule has 2 atom stereocenters. The SMILES string of the molecule is CC1=CC(=C=O)c2cc(F)ccc2N1[C@@H]1C[C@@H](C(C)(C)O)N(C(=O)OC(C)(C)C)C1. The van der Waals surface area contributed by atoms with Gasteiger partial charge in [0.2, 0.25) is 0 Å². The lowest BCUT2D eigenvalue weighted by atomic mass is 9.93. The first-order chi connectivity index (χ1) is 13.8. The molecule has 1 amide bonds. The van der Waals surface area contributed by atoms with Gasteiger partial charge in [-0.05, 0) is 72.2 Å². The number of anilines is 1. The third-order valence-corrected chi connectivity index (χ3v) is 5.44. The van der Waals surface area contributed by atoms with E-state index in [1.165, 1.54) is 12.1 Å². The Bertz CT molecular complexity index is 936. The van der Waals surface area contributed by atoms with E-state index in [-0.39, 0.29) is 6.04 Å². The Morgan fingerprint density at radius 1 is 1.27 bits per heavy atom. The molecule has 30 heavy (non-hydrogen) atoms. The van der Waals surface area contributed by atoms with E-state index >= 15 is 0 Å². The van der Waals surface area contributed by atoms with E-state index in [1.807, 2.05) is 17.8 Å². The van der Waals surface area contributed by atoms with Crippen LogP contribution >= 0.6 is 0 Å². The summed E-state index contributed by atoms with van der Waals surface area (Å²) in [6.07, 6.45) is 1.68. The van der Waals surface area contributed by atoms with E-state index in [4.69, 9.17) is 4.74 Å². The number of nitrogens with zero attached hydrogens (tertiary/aromatic N) is 2. The Hall–Kier alpha value is -2.63. The number of aliphatic hydroxyl groups is 1. The van der Waals surface area contributed by atoms with Crippen molar-refractivity contribution in [2.45, 2.75) is 71.2 Å². The first-order valence-corrected chi connectivity index (χ1v) is 10.1. The Balaban J connectivity index is 2.00. The average molecular weight is 416 g/mol. The summed E-state index contributed by atoms with van der Waals surface area (Å²) in [7, 11) is 0. The summed E-state index contributed by atoms with van der Waals surface area (Å²) in [5.74, 6) is 1.45. The van der Waals surface area contributed by atoms with E-state index in [0.717, 1.165) is 5.70 Å². The summed E-state index contributed by atoms with van der Waals surface area (Å²) < 4.78 is 19.4. The highest BCUT2D eigenvalue weighted by Gasteiger charge is 2.47. The summed E-state index contributed by atoms with van der Waals surface area (Å²) in [5, 5.41) is 10.7.